The van der Waals surface area contributed by atoms with Crippen LogP contribution in [-0.4, -0.2) is 17.1 Å². The Kier molecular flexibility index (Phi) is 2.47. The molecule has 0 amide bonds. The number of fused-ring (bicyclic) bond motifs is 1. The first-order valence-corrected chi connectivity index (χ1v) is 7.59. The van der Waals surface area contributed by atoms with Crippen LogP contribution in [0.25, 0.3) is 0 Å². The Labute approximate surface area is 109 Å². The van der Waals surface area contributed by atoms with E-state index in [2.05, 4.69) is 17.4 Å². The van der Waals surface area contributed by atoms with Gasteiger partial charge in [0, 0.05) is 23.3 Å². The van der Waals surface area contributed by atoms with E-state index in [9.17, 15) is 0 Å². The van der Waals surface area contributed by atoms with Crippen molar-refractivity contribution in [3.63, 3.8) is 0 Å². The number of hydrogen-bond acceptors (Lipinski definition) is 2. The standard InChI is InChI=1S/C16H22N2/c1-4-12-5-2-10-17-15(12)14(6-1)16(13-7-8-13)9-3-11-18-16/h2,5,10,13-14,18H,1,3-4,6-9,11H2. The molecule has 0 bridgehead atoms. The van der Waals surface area contributed by atoms with Crippen LogP contribution in [0.1, 0.15) is 55.7 Å². The van der Waals surface area contributed by atoms with E-state index in [1.807, 2.05) is 6.20 Å². The van der Waals surface area contributed by atoms with Gasteiger partial charge in [-0.1, -0.05) is 6.07 Å². The van der Waals surface area contributed by atoms with Gasteiger partial charge in [0.25, 0.3) is 0 Å². The lowest BCUT2D eigenvalue weighted by Crippen LogP contribution is -2.48. The van der Waals surface area contributed by atoms with Gasteiger partial charge in [-0.15, -0.1) is 0 Å². The molecule has 2 aliphatic carbocycles. The van der Waals surface area contributed by atoms with Gasteiger partial charge in [0.15, 0.2) is 0 Å². The van der Waals surface area contributed by atoms with Crippen molar-refractivity contribution in [1.29, 1.82) is 0 Å². The fraction of sp³-hybridized carbons (Fsp3) is 0.688. The molecule has 2 atom stereocenters. The van der Waals surface area contributed by atoms with Crippen molar-refractivity contribution >= 4 is 0 Å². The molecule has 2 heteroatoms. The molecular formula is C16H22N2. The highest BCUT2D eigenvalue weighted by Gasteiger charge is 2.52. The van der Waals surface area contributed by atoms with Gasteiger partial charge in [0.2, 0.25) is 0 Å². The third-order valence-electron chi connectivity index (χ3n) is 5.34. The lowest BCUT2D eigenvalue weighted by Gasteiger charge is -2.41. The summed E-state index contributed by atoms with van der Waals surface area (Å²) in [6.45, 7) is 1.22. The molecule has 2 heterocycles. The molecule has 2 fully saturated rings. The maximum absolute atomic E-state index is 4.76. The molecule has 1 aromatic rings. The first kappa shape index (κ1) is 11.0. The van der Waals surface area contributed by atoms with Crippen LogP contribution < -0.4 is 5.32 Å². The van der Waals surface area contributed by atoms with E-state index in [-0.39, 0.29) is 0 Å². The van der Waals surface area contributed by atoms with E-state index >= 15 is 0 Å². The van der Waals surface area contributed by atoms with Crippen molar-refractivity contribution in [2.45, 2.75) is 56.4 Å². The lowest BCUT2D eigenvalue weighted by molar-refractivity contribution is 0.237. The molecule has 0 aromatic carbocycles. The zero-order valence-corrected chi connectivity index (χ0v) is 11.0. The molecule has 2 unspecified atom stereocenters. The Balaban J connectivity index is 1.76. The van der Waals surface area contributed by atoms with E-state index in [0.29, 0.717) is 11.5 Å². The van der Waals surface area contributed by atoms with Crippen LogP contribution in [0, 0.1) is 5.92 Å². The molecule has 2 nitrogen and oxygen atoms in total. The minimum atomic E-state index is 0.406. The quantitative estimate of drug-likeness (QED) is 0.862. The Morgan fingerprint density at radius 3 is 2.94 bits per heavy atom. The molecule has 18 heavy (non-hydrogen) atoms. The third-order valence-corrected chi connectivity index (χ3v) is 5.34. The van der Waals surface area contributed by atoms with Gasteiger partial charge in [0.1, 0.15) is 0 Å². The second-order valence-electron chi connectivity index (χ2n) is 6.34. The largest absolute Gasteiger partial charge is 0.310 e. The van der Waals surface area contributed by atoms with Crippen molar-refractivity contribution in [3.8, 4) is 0 Å². The molecule has 1 saturated carbocycles. The number of nitrogens with zero attached hydrogens (tertiary/aromatic N) is 1. The van der Waals surface area contributed by atoms with Gasteiger partial charge in [-0.3, -0.25) is 4.98 Å². The van der Waals surface area contributed by atoms with Crippen LogP contribution >= 0.6 is 0 Å². The van der Waals surface area contributed by atoms with E-state index in [1.165, 1.54) is 62.7 Å². The molecule has 3 aliphatic rings. The topological polar surface area (TPSA) is 24.9 Å². The first-order chi connectivity index (χ1) is 8.90. The number of pyridine rings is 1. The Bertz CT molecular complexity index is 444. The van der Waals surface area contributed by atoms with E-state index in [0.717, 1.165) is 5.92 Å². The minimum absolute atomic E-state index is 0.406. The normalized spacial score (nSPS) is 35.4. The zero-order chi connectivity index (χ0) is 12.0. The van der Waals surface area contributed by atoms with Gasteiger partial charge in [-0.25, -0.2) is 0 Å². The summed E-state index contributed by atoms with van der Waals surface area (Å²) < 4.78 is 0. The molecule has 1 aromatic heterocycles. The maximum atomic E-state index is 4.76. The molecule has 1 N–H and O–H groups in total. The van der Waals surface area contributed by atoms with E-state index in [1.54, 1.807) is 0 Å². The van der Waals surface area contributed by atoms with Crippen molar-refractivity contribution in [2.24, 2.45) is 5.92 Å². The van der Waals surface area contributed by atoms with Crippen LogP contribution in [0.2, 0.25) is 0 Å². The Morgan fingerprint density at radius 1 is 1.22 bits per heavy atom. The molecule has 0 radical (unpaired) electrons. The van der Waals surface area contributed by atoms with Crippen LogP contribution in [0.5, 0.6) is 0 Å². The van der Waals surface area contributed by atoms with E-state index < -0.39 is 0 Å². The molecule has 96 valence electrons. The highest BCUT2D eigenvalue weighted by atomic mass is 15.0. The fourth-order valence-corrected chi connectivity index (χ4v) is 4.43. The van der Waals surface area contributed by atoms with Gasteiger partial charge < -0.3 is 5.32 Å². The second kappa shape index (κ2) is 4.06. The SMILES string of the molecule is c1cnc2c(c1)CCCC2C1(C2CC2)CCCN1. The summed E-state index contributed by atoms with van der Waals surface area (Å²) in [6, 6.07) is 4.40. The van der Waals surface area contributed by atoms with Crippen molar-refractivity contribution < 1.29 is 0 Å². The summed E-state index contributed by atoms with van der Waals surface area (Å²) >= 11 is 0. The average molecular weight is 242 g/mol. The highest BCUT2D eigenvalue weighted by Crippen LogP contribution is 2.53. The second-order valence-corrected chi connectivity index (χ2v) is 6.34. The summed E-state index contributed by atoms with van der Waals surface area (Å²) in [5, 5.41) is 3.90. The fourth-order valence-electron chi connectivity index (χ4n) is 4.43. The summed E-state index contributed by atoms with van der Waals surface area (Å²) in [6.07, 6.45) is 11.5. The summed E-state index contributed by atoms with van der Waals surface area (Å²) in [5.41, 5.74) is 3.34. The number of hydrogen-bond donors (Lipinski definition) is 1. The van der Waals surface area contributed by atoms with E-state index in [4.69, 9.17) is 4.98 Å². The van der Waals surface area contributed by atoms with Crippen molar-refractivity contribution in [1.82, 2.24) is 10.3 Å². The predicted molar refractivity (Wildman–Crippen MR) is 72.6 cm³/mol. The summed E-state index contributed by atoms with van der Waals surface area (Å²) in [4.78, 5) is 4.76. The summed E-state index contributed by atoms with van der Waals surface area (Å²) in [7, 11) is 0. The molecule has 0 spiro atoms. The Morgan fingerprint density at radius 2 is 2.17 bits per heavy atom. The molecular weight excluding hydrogens is 220 g/mol. The van der Waals surface area contributed by atoms with Crippen LogP contribution in [0.4, 0.5) is 0 Å². The number of aromatic nitrogens is 1. The maximum Gasteiger partial charge on any atom is 0.0484 e. The minimum Gasteiger partial charge on any atom is -0.310 e. The first-order valence-electron chi connectivity index (χ1n) is 7.59. The molecule has 4 rings (SSSR count). The lowest BCUT2D eigenvalue weighted by atomic mass is 9.70. The zero-order valence-electron chi connectivity index (χ0n) is 11.0. The smallest absolute Gasteiger partial charge is 0.0484 e. The van der Waals surface area contributed by atoms with Crippen LogP contribution in [0.15, 0.2) is 18.3 Å². The number of aryl methyl sites for hydroxylation is 1. The van der Waals surface area contributed by atoms with Gasteiger partial charge in [0.05, 0.1) is 0 Å². The summed E-state index contributed by atoms with van der Waals surface area (Å²) in [5.74, 6) is 1.61. The highest BCUT2D eigenvalue weighted by molar-refractivity contribution is 5.31. The monoisotopic (exact) mass is 242 g/mol. The third kappa shape index (κ3) is 1.55. The van der Waals surface area contributed by atoms with Crippen molar-refractivity contribution in [3.05, 3.63) is 29.6 Å². The molecule has 1 aliphatic heterocycles. The van der Waals surface area contributed by atoms with Gasteiger partial charge in [-0.2, -0.15) is 0 Å². The van der Waals surface area contributed by atoms with Crippen LogP contribution in [-0.2, 0) is 6.42 Å². The molecule has 1 saturated heterocycles. The van der Waals surface area contributed by atoms with Gasteiger partial charge >= 0.3 is 0 Å². The Hall–Kier alpha value is -0.890. The van der Waals surface area contributed by atoms with Crippen molar-refractivity contribution in [2.75, 3.05) is 6.54 Å². The van der Waals surface area contributed by atoms with Crippen LogP contribution in [0.3, 0.4) is 0 Å². The number of nitrogens with one attached hydrogen (secondary N) is 1. The average Bonchev–Trinajstić information content (AvgIpc) is 3.17. The predicted octanol–water partition coefficient (Wildman–Crippen LogP) is 3.03. The van der Waals surface area contributed by atoms with Gasteiger partial charge in [-0.05, 0) is 69.0 Å². The number of rotatable bonds is 2.